The summed E-state index contributed by atoms with van der Waals surface area (Å²) in [7, 11) is 0. The van der Waals surface area contributed by atoms with Crippen LogP contribution in [0.15, 0.2) is 60.9 Å². The normalized spacial score (nSPS) is 13.9. The number of aromatic nitrogens is 2. The first kappa shape index (κ1) is 15.5. The molecule has 0 aliphatic carbocycles. The minimum absolute atomic E-state index is 1.10. The van der Waals surface area contributed by atoms with Gasteiger partial charge >= 0.3 is 0 Å². The summed E-state index contributed by atoms with van der Waals surface area (Å²) in [6, 6.07) is 17.6. The van der Waals surface area contributed by atoms with Gasteiger partial charge in [-0.2, -0.15) is 0 Å². The molecule has 0 radical (unpaired) electrons. The van der Waals surface area contributed by atoms with Crippen molar-refractivity contribution in [2.24, 2.45) is 0 Å². The Balaban J connectivity index is 1.74. The molecule has 2 nitrogen and oxygen atoms in total. The average Bonchev–Trinajstić information content (AvgIpc) is 3.09. The summed E-state index contributed by atoms with van der Waals surface area (Å²) in [5, 5.41) is 0. The molecule has 2 aromatic carbocycles. The van der Waals surface area contributed by atoms with E-state index in [1.807, 2.05) is 0 Å². The molecule has 1 aliphatic heterocycles. The van der Waals surface area contributed by atoms with E-state index in [1.165, 1.54) is 57.6 Å². The van der Waals surface area contributed by atoms with Crippen molar-refractivity contribution in [3.8, 4) is 22.4 Å². The maximum absolute atomic E-state index is 2.53. The molecule has 1 aliphatic rings. The van der Waals surface area contributed by atoms with Crippen LogP contribution in [0.5, 0.6) is 0 Å². The van der Waals surface area contributed by atoms with Gasteiger partial charge in [0, 0.05) is 30.1 Å². The first-order valence-electron chi connectivity index (χ1n) is 9.58. The van der Waals surface area contributed by atoms with Crippen LogP contribution in [0, 0.1) is 13.8 Å². The van der Waals surface area contributed by atoms with Gasteiger partial charge in [-0.1, -0.05) is 48.5 Å². The zero-order chi connectivity index (χ0) is 17.7. The molecule has 0 unspecified atom stereocenters. The lowest BCUT2D eigenvalue weighted by Gasteiger charge is -2.09. The van der Waals surface area contributed by atoms with E-state index in [0.717, 1.165) is 13.0 Å². The monoisotopic (exact) mass is 340 g/mol. The number of benzene rings is 2. The molecule has 130 valence electrons. The zero-order valence-electron chi connectivity index (χ0n) is 15.5. The fraction of sp³-hybridized carbons (Fsp3) is 0.250. The highest BCUT2D eigenvalue weighted by Crippen LogP contribution is 2.36. The Hall–Kier alpha value is -2.74. The van der Waals surface area contributed by atoms with E-state index < -0.39 is 0 Å². The van der Waals surface area contributed by atoms with Crippen LogP contribution in [-0.4, -0.2) is 8.97 Å². The van der Waals surface area contributed by atoms with E-state index in [0.29, 0.717) is 0 Å². The summed E-state index contributed by atoms with van der Waals surface area (Å²) in [4.78, 5) is 0. The lowest BCUT2D eigenvalue weighted by molar-refractivity contribution is 0.647. The number of hydrogen-bond acceptors (Lipinski definition) is 0. The van der Waals surface area contributed by atoms with Crippen LogP contribution < -0.4 is 0 Å². The van der Waals surface area contributed by atoms with E-state index in [4.69, 9.17) is 0 Å². The van der Waals surface area contributed by atoms with Crippen LogP contribution in [-0.2, 0) is 13.0 Å². The minimum atomic E-state index is 1.10. The Morgan fingerprint density at radius 2 is 1.65 bits per heavy atom. The van der Waals surface area contributed by atoms with Crippen molar-refractivity contribution in [3.05, 3.63) is 77.6 Å². The third-order valence-electron chi connectivity index (χ3n) is 5.86. The number of nitrogens with zero attached hydrogens (tertiary/aromatic N) is 2. The molecule has 26 heavy (non-hydrogen) atoms. The highest BCUT2D eigenvalue weighted by molar-refractivity contribution is 5.78. The second-order valence-corrected chi connectivity index (χ2v) is 7.54. The van der Waals surface area contributed by atoms with Gasteiger partial charge in [-0.3, -0.25) is 0 Å². The van der Waals surface area contributed by atoms with Gasteiger partial charge in [0.25, 0.3) is 0 Å². The average molecular weight is 340 g/mol. The van der Waals surface area contributed by atoms with E-state index in [1.54, 1.807) is 0 Å². The summed E-state index contributed by atoms with van der Waals surface area (Å²) >= 11 is 0. The van der Waals surface area contributed by atoms with Gasteiger partial charge in [0.05, 0.1) is 5.69 Å². The highest BCUT2D eigenvalue weighted by atomic mass is 15.1. The van der Waals surface area contributed by atoms with Crippen molar-refractivity contribution >= 4 is 5.65 Å². The van der Waals surface area contributed by atoms with E-state index in [9.17, 15) is 0 Å². The van der Waals surface area contributed by atoms with Crippen molar-refractivity contribution in [1.82, 2.24) is 8.97 Å². The van der Waals surface area contributed by atoms with Gasteiger partial charge in [0.2, 0.25) is 0 Å². The lowest BCUT2D eigenvalue weighted by Crippen LogP contribution is -1.98. The highest BCUT2D eigenvalue weighted by Gasteiger charge is 2.21. The summed E-state index contributed by atoms with van der Waals surface area (Å²) in [5.74, 6) is 0. The summed E-state index contributed by atoms with van der Waals surface area (Å²) in [6.07, 6.45) is 8.31. The maximum Gasteiger partial charge on any atom is 0.121 e. The number of aryl methyl sites for hydroxylation is 4. The molecule has 0 amide bonds. The molecular weight excluding hydrogens is 316 g/mol. The number of rotatable bonds is 2. The van der Waals surface area contributed by atoms with Gasteiger partial charge in [-0.25, -0.2) is 0 Å². The predicted molar refractivity (Wildman–Crippen MR) is 109 cm³/mol. The first-order valence-corrected chi connectivity index (χ1v) is 9.58. The standard InChI is InChI=1S/C24H24N2/c1-17-11-12-20(14-18(17)2)22-15-25-16-23(19-8-4-3-5-9-19)26-13-7-6-10-21(22)24(25)26/h3-5,8-9,11-12,14-16H,6-7,10,13H2,1-2H3. The molecule has 0 atom stereocenters. The fourth-order valence-corrected chi connectivity index (χ4v) is 4.31. The van der Waals surface area contributed by atoms with Crippen molar-refractivity contribution in [2.45, 2.75) is 39.7 Å². The first-order chi connectivity index (χ1) is 12.7. The molecule has 3 heterocycles. The Labute approximate surface area is 154 Å². The van der Waals surface area contributed by atoms with Crippen LogP contribution in [0.25, 0.3) is 28.0 Å². The largest absolute Gasteiger partial charge is 0.325 e. The van der Waals surface area contributed by atoms with Crippen molar-refractivity contribution in [3.63, 3.8) is 0 Å². The van der Waals surface area contributed by atoms with Gasteiger partial charge in [-0.05, 0) is 55.4 Å². The van der Waals surface area contributed by atoms with E-state index in [-0.39, 0.29) is 0 Å². The van der Waals surface area contributed by atoms with Crippen LogP contribution in [0.1, 0.15) is 29.5 Å². The van der Waals surface area contributed by atoms with Crippen molar-refractivity contribution in [1.29, 1.82) is 0 Å². The van der Waals surface area contributed by atoms with Crippen molar-refractivity contribution in [2.75, 3.05) is 0 Å². The number of hydrogen-bond donors (Lipinski definition) is 0. The predicted octanol–water partition coefficient (Wildman–Crippen LogP) is 6.03. The summed E-state index contributed by atoms with van der Waals surface area (Å²) in [5.41, 5.74) is 11.0. The Kier molecular flexibility index (Phi) is 3.53. The van der Waals surface area contributed by atoms with Crippen molar-refractivity contribution < 1.29 is 0 Å². The van der Waals surface area contributed by atoms with Crippen LogP contribution in [0.2, 0.25) is 0 Å². The smallest absolute Gasteiger partial charge is 0.121 e. The summed E-state index contributed by atoms with van der Waals surface area (Å²) < 4.78 is 4.88. The Bertz CT molecular complexity index is 1100. The molecule has 0 bridgehead atoms. The van der Waals surface area contributed by atoms with Crippen LogP contribution in [0.4, 0.5) is 0 Å². The Morgan fingerprint density at radius 3 is 2.46 bits per heavy atom. The third kappa shape index (κ3) is 2.33. The molecule has 2 heteroatoms. The molecule has 0 spiro atoms. The second kappa shape index (κ2) is 5.91. The summed E-state index contributed by atoms with van der Waals surface area (Å²) in [6.45, 7) is 5.49. The molecule has 0 fully saturated rings. The lowest BCUT2D eigenvalue weighted by atomic mass is 9.98. The minimum Gasteiger partial charge on any atom is -0.325 e. The molecule has 0 N–H and O–H groups in total. The van der Waals surface area contributed by atoms with Crippen LogP contribution >= 0.6 is 0 Å². The topological polar surface area (TPSA) is 9.34 Å². The van der Waals surface area contributed by atoms with E-state index in [2.05, 4.69) is 83.7 Å². The molecule has 5 rings (SSSR count). The second-order valence-electron chi connectivity index (χ2n) is 7.54. The molecular formula is C24H24N2. The van der Waals surface area contributed by atoms with Gasteiger partial charge in [0.1, 0.15) is 5.65 Å². The quantitative estimate of drug-likeness (QED) is 0.421. The molecule has 2 aromatic heterocycles. The van der Waals surface area contributed by atoms with Gasteiger partial charge in [0.15, 0.2) is 0 Å². The molecule has 4 aromatic rings. The Morgan fingerprint density at radius 1 is 0.808 bits per heavy atom. The maximum atomic E-state index is 2.53. The number of imidazole rings is 1. The SMILES string of the molecule is Cc1ccc(-c2cn3cc(-c4ccccc4)n4c3c2CCCC4)cc1C. The van der Waals surface area contributed by atoms with Crippen LogP contribution in [0.3, 0.4) is 0 Å². The zero-order valence-corrected chi connectivity index (χ0v) is 15.5. The molecule has 0 saturated heterocycles. The third-order valence-corrected chi connectivity index (χ3v) is 5.86. The molecule has 0 saturated carbocycles. The fourth-order valence-electron chi connectivity index (χ4n) is 4.31. The van der Waals surface area contributed by atoms with E-state index >= 15 is 0 Å². The van der Waals surface area contributed by atoms with Gasteiger partial charge in [-0.15, -0.1) is 0 Å². The van der Waals surface area contributed by atoms with Gasteiger partial charge < -0.3 is 8.97 Å².